The number of fused-ring (bicyclic) bond motifs is 1. The Morgan fingerprint density at radius 1 is 1.13 bits per heavy atom. The highest BCUT2D eigenvalue weighted by Gasteiger charge is 2.34. The number of methoxy groups -OCH3 is 1. The maximum atomic E-state index is 14.4. The minimum atomic E-state index is -4.42. The van der Waals surface area contributed by atoms with E-state index in [1.165, 1.54) is 6.07 Å². The van der Waals surface area contributed by atoms with Crippen molar-refractivity contribution >= 4 is 11.0 Å². The van der Waals surface area contributed by atoms with Gasteiger partial charge in [-0.05, 0) is 35.9 Å². The Morgan fingerprint density at radius 2 is 1.90 bits per heavy atom. The van der Waals surface area contributed by atoms with E-state index in [2.05, 4.69) is 9.97 Å². The van der Waals surface area contributed by atoms with Crippen LogP contribution in [0.5, 0.6) is 5.75 Å². The largest absolute Gasteiger partial charge is 0.497 e. The normalized spacial score (nSPS) is 20.2. The lowest BCUT2D eigenvalue weighted by atomic mass is 10.2. The first-order chi connectivity index (χ1) is 14.3. The van der Waals surface area contributed by atoms with E-state index in [9.17, 15) is 17.6 Å². The Bertz CT molecular complexity index is 1000. The lowest BCUT2D eigenvalue weighted by molar-refractivity contribution is -0.137. The Hall–Kier alpha value is -2.65. The van der Waals surface area contributed by atoms with E-state index in [4.69, 9.17) is 9.47 Å². The molecule has 0 spiro atoms. The molecule has 3 aromatic rings. The molecular weight excluding hydrogens is 402 g/mol. The van der Waals surface area contributed by atoms with E-state index < -0.39 is 24.0 Å². The molecule has 1 aliphatic rings. The third-order valence-corrected chi connectivity index (χ3v) is 5.13. The quantitative estimate of drug-likeness (QED) is 0.600. The van der Waals surface area contributed by atoms with Crippen LogP contribution in [0.15, 0.2) is 42.5 Å². The second-order valence-electron chi connectivity index (χ2n) is 7.32. The molecule has 2 aromatic carbocycles. The van der Waals surface area contributed by atoms with Crippen LogP contribution in [-0.4, -0.2) is 47.3 Å². The molecule has 0 amide bonds. The summed E-state index contributed by atoms with van der Waals surface area (Å²) < 4.78 is 63.7. The maximum Gasteiger partial charge on any atom is 0.416 e. The summed E-state index contributed by atoms with van der Waals surface area (Å²) in [5, 5.41) is 0. The van der Waals surface area contributed by atoms with Crippen molar-refractivity contribution in [3.05, 3.63) is 59.4 Å². The standard InChI is InChI=1S/C21H21F4N3O2/c1-29-15-5-2-13(3-6-15)9-28-10-16(22)19(11-28)30-12-20-26-17-7-4-14(21(23,24)25)8-18(17)27-20/h2-8,16,19H,9-12H2,1H3,(H,26,27). The lowest BCUT2D eigenvalue weighted by Crippen LogP contribution is -2.24. The number of aromatic nitrogens is 2. The van der Waals surface area contributed by atoms with Crippen LogP contribution in [0.1, 0.15) is 17.0 Å². The van der Waals surface area contributed by atoms with E-state index in [1.54, 1.807) is 7.11 Å². The van der Waals surface area contributed by atoms with Crippen LogP contribution in [0, 0.1) is 0 Å². The first-order valence-corrected chi connectivity index (χ1v) is 9.48. The van der Waals surface area contributed by atoms with Crippen LogP contribution in [0.25, 0.3) is 11.0 Å². The van der Waals surface area contributed by atoms with Crippen LogP contribution >= 0.6 is 0 Å². The lowest BCUT2D eigenvalue weighted by Gasteiger charge is -2.15. The molecule has 1 saturated heterocycles. The Labute approximate surface area is 170 Å². The van der Waals surface area contributed by atoms with Crippen LogP contribution in [-0.2, 0) is 24.1 Å². The van der Waals surface area contributed by atoms with E-state index in [1.807, 2.05) is 29.2 Å². The van der Waals surface area contributed by atoms with Crippen LogP contribution in [0.2, 0.25) is 0 Å². The number of H-pyrrole nitrogens is 1. The summed E-state index contributed by atoms with van der Waals surface area (Å²) in [5.74, 6) is 1.13. The number of hydrogen-bond acceptors (Lipinski definition) is 4. The van der Waals surface area contributed by atoms with Gasteiger partial charge in [-0.1, -0.05) is 12.1 Å². The summed E-state index contributed by atoms with van der Waals surface area (Å²) in [6.45, 7) is 1.27. The zero-order chi connectivity index (χ0) is 21.3. The van der Waals surface area contributed by atoms with Gasteiger partial charge in [0.25, 0.3) is 0 Å². The molecule has 2 unspecified atom stereocenters. The fourth-order valence-electron chi connectivity index (χ4n) is 3.58. The molecule has 5 nitrogen and oxygen atoms in total. The van der Waals surface area contributed by atoms with Crippen molar-refractivity contribution in [3.63, 3.8) is 0 Å². The van der Waals surface area contributed by atoms with Crippen LogP contribution in [0.3, 0.4) is 0 Å². The number of nitrogens with zero attached hydrogens (tertiary/aromatic N) is 2. The van der Waals surface area contributed by atoms with Crippen LogP contribution < -0.4 is 4.74 Å². The molecule has 0 saturated carbocycles. The topological polar surface area (TPSA) is 50.4 Å². The van der Waals surface area contributed by atoms with Gasteiger partial charge in [-0.15, -0.1) is 0 Å². The molecule has 1 aliphatic heterocycles. The highest BCUT2D eigenvalue weighted by molar-refractivity contribution is 5.76. The summed E-state index contributed by atoms with van der Waals surface area (Å²) >= 11 is 0. The smallest absolute Gasteiger partial charge is 0.416 e. The average molecular weight is 423 g/mol. The van der Waals surface area contributed by atoms with Gasteiger partial charge in [0.1, 0.15) is 30.5 Å². The predicted octanol–water partition coefficient (Wildman–Crippen LogP) is 4.33. The summed E-state index contributed by atoms with van der Waals surface area (Å²) in [6.07, 6.45) is -6.19. The monoisotopic (exact) mass is 423 g/mol. The van der Waals surface area contributed by atoms with Crippen molar-refractivity contribution in [2.24, 2.45) is 0 Å². The average Bonchev–Trinajstić information content (AvgIpc) is 3.28. The van der Waals surface area contributed by atoms with E-state index in [-0.39, 0.29) is 18.7 Å². The van der Waals surface area contributed by atoms with Gasteiger partial charge in [0.2, 0.25) is 0 Å². The molecule has 2 atom stereocenters. The Kier molecular flexibility index (Phi) is 5.66. The number of ether oxygens (including phenoxy) is 2. The number of hydrogen-bond donors (Lipinski definition) is 1. The molecule has 0 bridgehead atoms. The van der Waals surface area contributed by atoms with Gasteiger partial charge in [-0.25, -0.2) is 9.37 Å². The number of nitrogens with one attached hydrogen (secondary N) is 1. The van der Waals surface area contributed by atoms with Gasteiger partial charge in [0.15, 0.2) is 0 Å². The van der Waals surface area contributed by atoms with Gasteiger partial charge in [-0.3, -0.25) is 4.90 Å². The predicted molar refractivity (Wildman–Crippen MR) is 103 cm³/mol. The molecule has 0 aliphatic carbocycles. The molecular formula is C21H21F4N3O2. The summed E-state index contributed by atoms with van der Waals surface area (Å²) in [5.41, 5.74) is 0.972. The molecule has 1 N–H and O–H groups in total. The zero-order valence-corrected chi connectivity index (χ0v) is 16.2. The highest BCUT2D eigenvalue weighted by atomic mass is 19.4. The number of halogens is 4. The summed E-state index contributed by atoms with van der Waals surface area (Å²) in [7, 11) is 1.60. The third kappa shape index (κ3) is 4.57. The van der Waals surface area contributed by atoms with E-state index in [0.717, 1.165) is 23.4 Å². The number of rotatable bonds is 6. The number of alkyl halides is 4. The Balaban J connectivity index is 1.35. The van der Waals surface area contributed by atoms with Gasteiger partial charge < -0.3 is 14.5 Å². The second-order valence-corrected chi connectivity index (χ2v) is 7.32. The molecule has 1 aromatic heterocycles. The first kappa shape index (κ1) is 20.6. The third-order valence-electron chi connectivity index (χ3n) is 5.13. The zero-order valence-electron chi connectivity index (χ0n) is 16.2. The number of likely N-dealkylation sites (tertiary alicyclic amines) is 1. The maximum absolute atomic E-state index is 14.4. The van der Waals surface area contributed by atoms with Crippen molar-refractivity contribution < 1.29 is 27.0 Å². The number of benzene rings is 2. The molecule has 30 heavy (non-hydrogen) atoms. The molecule has 0 radical (unpaired) electrons. The minimum Gasteiger partial charge on any atom is -0.497 e. The van der Waals surface area contributed by atoms with Gasteiger partial charge in [0, 0.05) is 19.6 Å². The van der Waals surface area contributed by atoms with Crippen LogP contribution in [0.4, 0.5) is 17.6 Å². The van der Waals surface area contributed by atoms with E-state index in [0.29, 0.717) is 24.4 Å². The Morgan fingerprint density at radius 3 is 2.60 bits per heavy atom. The van der Waals surface area contributed by atoms with Gasteiger partial charge >= 0.3 is 6.18 Å². The SMILES string of the molecule is COc1ccc(CN2CC(F)C(OCc3nc4ccc(C(F)(F)F)cc4[nH]3)C2)cc1. The van der Waals surface area contributed by atoms with Crippen molar-refractivity contribution in [1.29, 1.82) is 0 Å². The highest BCUT2D eigenvalue weighted by Crippen LogP contribution is 2.31. The van der Waals surface area contributed by atoms with Crippen molar-refractivity contribution in [2.75, 3.05) is 20.2 Å². The summed E-state index contributed by atoms with van der Waals surface area (Å²) in [4.78, 5) is 9.02. The second kappa shape index (κ2) is 8.23. The molecule has 2 heterocycles. The summed E-state index contributed by atoms with van der Waals surface area (Å²) in [6, 6.07) is 10.9. The van der Waals surface area contributed by atoms with E-state index >= 15 is 0 Å². The number of aromatic amines is 1. The van der Waals surface area contributed by atoms with Crippen molar-refractivity contribution in [3.8, 4) is 5.75 Å². The van der Waals surface area contributed by atoms with Crippen molar-refractivity contribution in [1.82, 2.24) is 14.9 Å². The minimum absolute atomic E-state index is 0.00249. The number of imidazole rings is 1. The van der Waals surface area contributed by atoms with Crippen molar-refractivity contribution in [2.45, 2.75) is 31.6 Å². The molecule has 4 rings (SSSR count). The van der Waals surface area contributed by atoms with Gasteiger partial charge in [-0.2, -0.15) is 13.2 Å². The molecule has 160 valence electrons. The first-order valence-electron chi connectivity index (χ1n) is 9.48. The molecule has 1 fully saturated rings. The molecule has 9 heteroatoms. The fraction of sp³-hybridized carbons (Fsp3) is 0.381. The van der Waals surface area contributed by atoms with Gasteiger partial charge in [0.05, 0.1) is 23.7 Å². The fourth-order valence-corrected chi connectivity index (χ4v) is 3.58.